The van der Waals surface area contributed by atoms with Gasteiger partial charge in [-0.1, -0.05) is 43.2 Å². The van der Waals surface area contributed by atoms with Crippen LogP contribution in [0.3, 0.4) is 0 Å². The monoisotopic (exact) mass is 581 g/mol. The Morgan fingerprint density at radius 3 is 2.60 bits per heavy atom. The van der Waals surface area contributed by atoms with Crippen LogP contribution in [-0.2, 0) is 16.1 Å². The standard InChI is InChI=1S/C32H35N7O2S/c40-30(22-5-2-1-3-6-22)34-25-8-4-7-23(21-25)28-29(39-17-20-42-32(39)37-28)27-13-14-33-31(36-27)35-24-9-11-26(12-10-24)38-15-18-41-19-16-38/h4,7-14,21-22H,1-3,5-6,15-20H2,(H,34,40)(H,33,35,36). The van der Waals surface area contributed by atoms with E-state index in [1.54, 1.807) is 18.0 Å². The molecule has 1 saturated heterocycles. The van der Waals surface area contributed by atoms with Crippen LogP contribution in [0.2, 0.25) is 0 Å². The molecule has 3 aliphatic rings. The lowest BCUT2D eigenvalue weighted by Gasteiger charge is -2.28. The van der Waals surface area contributed by atoms with Gasteiger partial charge in [0.15, 0.2) is 5.16 Å². The molecule has 42 heavy (non-hydrogen) atoms. The normalized spacial score (nSPS) is 17.2. The first-order valence-electron chi connectivity index (χ1n) is 14.9. The van der Waals surface area contributed by atoms with Crippen molar-refractivity contribution in [2.45, 2.75) is 43.8 Å². The highest BCUT2D eigenvalue weighted by Gasteiger charge is 2.26. The number of nitrogens with zero attached hydrogens (tertiary/aromatic N) is 5. The van der Waals surface area contributed by atoms with Crippen molar-refractivity contribution in [2.24, 2.45) is 5.92 Å². The first-order valence-corrected chi connectivity index (χ1v) is 15.9. The summed E-state index contributed by atoms with van der Waals surface area (Å²) in [5.74, 6) is 1.75. The fourth-order valence-electron chi connectivity index (χ4n) is 6.05. The van der Waals surface area contributed by atoms with E-state index in [4.69, 9.17) is 14.7 Å². The second kappa shape index (κ2) is 12.1. The smallest absolute Gasteiger partial charge is 0.227 e. The van der Waals surface area contributed by atoms with Gasteiger partial charge in [-0.05, 0) is 55.3 Å². The molecule has 1 amide bonds. The molecule has 0 spiro atoms. The first-order chi connectivity index (χ1) is 20.7. The second-order valence-electron chi connectivity index (χ2n) is 11.0. The third kappa shape index (κ3) is 5.73. The van der Waals surface area contributed by atoms with Crippen molar-refractivity contribution in [1.29, 1.82) is 0 Å². The van der Waals surface area contributed by atoms with Crippen LogP contribution in [0, 0.1) is 5.92 Å². The van der Waals surface area contributed by atoms with Crippen LogP contribution in [-0.4, -0.2) is 57.5 Å². The van der Waals surface area contributed by atoms with Crippen molar-refractivity contribution in [3.05, 3.63) is 60.8 Å². The number of imidazole rings is 1. The Balaban J connectivity index is 1.14. The second-order valence-corrected chi connectivity index (χ2v) is 12.1. The number of fused-ring (bicyclic) bond motifs is 1. The van der Waals surface area contributed by atoms with Crippen molar-refractivity contribution < 1.29 is 9.53 Å². The van der Waals surface area contributed by atoms with Gasteiger partial charge in [0.25, 0.3) is 0 Å². The number of hydrogen-bond donors (Lipinski definition) is 2. The van der Waals surface area contributed by atoms with Gasteiger partial charge < -0.3 is 24.8 Å². The number of carbonyl (C=O) groups is 1. The van der Waals surface area contributed by atoms with Gasteiger partial charge in [0.1, 0.15) is 0 Å². The molecule has 7 rings (SSSR count). The van der Waals surface area contributed by atoms with Gasteiger partial charge in [-0.2, -0.15) is 0 Å². The third-order valence-electron chi connectivity index (χ3n) is 8.26. The quantitative estimate of drug-likeness (QED) is 0.266. The van der Waals surface area contributed by atoms with E-state index in [1.807, 2.05) is 24.3 Å². The highest BCUT2D eigenvalue weighted by atomic mass is 32.2. The minimum Gasteiger partial charge on any atom is -0.378 e. The third-order valence-corrected chi connectivity index (χ3v) is 9.21. The summed E-state index contributed by atoms with van der Waals surface area (Å²) in [4.78, 5) is 29.7. The summed E-state index contributed by atoms with van der Waals surface area (Å²) in [5.41, 5.74) is 6.53. The number of ether oxygens (including phenoxy) is 1. The largest absolute Gasteiger partial charge is 0.378 e. The summed E-state index contributed by atoms with van der Waals surface area (Å²) in [7, 11) is 0. The minimum absolute atomic E-state index is 0.105. The maximum absolute atomic E-state index is 12.9. The molecule has 10 heteroatoms. The van der Waals surface area contributed by atoms with E-state index in [1.165, 1.54) is 12.1 Å². The Labute approximate surface area is 250 Å². The number of thioether (sulfide) groups is 1. The molecule has 4 heterocycles. The molecule has 1 saturated carbocycles. The number of amides is 1. The predicted molar refractivity (Wildman–Crippen MR) is 167 cm³/mol. The van der Waals surface area contributed by atoms with Gasteiger partial charge in [-0.15, -0.1) is 0 Å². The molecule has 2 N–H and O–H groups in total. The molecular weight excluding hydrogens is 546 g/mol. The van der Waals surface area contributed by atoms with Gasteiger partial charge in [-0.3, -0.25) is 4.79 Å². The van der Waals surface area contributed by atoms with E-state index < -0.39 is 0 Å². The average Bonchev–Trinajstić information content (AvgIpc) is 3.65. The molecule has 2 fully saturated rings. The molecule has 216 valence electrons. The van der Waals surface area contributed by atoms with Crippen molar-refractivity contribution in [2.75, 3.05) is 47.6 Å². The lowest BCUT2D eigenvalue weighted by atomic mass is 9.88. The van der Waals surface area contributed by atoms with Crippen LogP contribution >= 0.6 is 11.8 Å². The zero-order chi connectivity index (χ0) is 28.3. The highest BCUT2D eigenvalue weighted by Crippen LogP contribution is 2.39. The van der Waals surface area contributed by atoms with Crippen LogP contribution in [0.5, 0.6) is 0 Å². The van der Waals surface area contributed by atoms with Crippen LogP contribution in [0.1, 0.15) is 32.1 Å². The molecule has 2 aliphatic heterocycles. The molecule has 2 aromatic heterocycles. The lowest BCUT2D eigenvalue weighted by Crippen LogP contribution is -2.36. The SMILES string of the molecule is O=C(Nc1cccc(-c2nc3n(c2-c2ccnc(Nc4ccc(N5CCOCC5)cc4)n2)CCS3)c1)C1CCCCC1. The number of hydrogen-bond acceptors (Lipinski definition) is 8. The van der Waals surface area contributed by atoms with Crippen molar-refractivity contribution >= 4 is 40.7 Å². The average molecular weight is 582 g/mol. The Kier molecular flexibility index (Phi) is 7.80. The zero-order valence-electron chi connectivity index (χ0n) is 23.6. The number of carbonyl (C=O) groups excluding carboxylic acids is 1. The first kappa shape index (κ1) is 27.0. The summed E-state index contributed by atoms with van der Waals surface area (Å²) in [6, 6.07) is 18.3. The van der Waals surface area contributed by atoms with E-state index in [9.17, 15) is 4.79 Å². The van der Waals surface area contributed by atoms with Gasteiger partial charge in [-0.25, -0.2) is 15.0 Å². The number of benzene rings is 2. The van der Waals surface area contributed by atoms with Gasteiger partial charge in [0.05, 0.1) is 30.3 Å². The molecule has 0 bridgehead atoms. The Bertz CT molecular complexity index is 1560. The number of nitrogens with one attached hydrogen (secondary N) is 2. The van der Waals surface area contributed by atoms with E-state index in [2.05, 4.69) is 55.4 Å². The molecule has 1 aliphatic carbocycles. The summed E-state index contributed by atoms with van der Waals surface area (Å²) in [5, 5.41) is 7.53. The van der Waals surface area contributed by atoms with E-state index in [0.29, 0.717) is 5.95 Å². The lowest BCUT2D eigenvalue weighted by molar-refractivity contribution is -0.120. The van der Waals surface area contributed by atoms with Gasteiger partial charge >= 0.3 is 0 Å². The molecule has 2 aromatic carbocycles. The van der Waals surface area contributed by atoms with Crippen molar-refractivity contribution in [1.82, 2.24) is 19.5 Å². The predicted octanol–water partition coefficient (Wildman–Crippen LogP) is 6.21. The molecule has 0 unspecified atom stereocenters. The Morgan fingerprint density at radius 2 is 1.76 bits per heavy atom. The molecule has 0 radical (unpaired) electrons. The van der Waals surface area contributed by atoms with Gasteiger partial charge in [0.2, 0.25) is 11.9 Å². The van der Waals surface area contributed by atoms with Crippen molar-refractivity contribution in [3.8, 4) is 22.6 Å². The Hall–Kier alpha value is -3.89. The fraction of sp³-hybridized carbons (Fsp3) is 0.375. The van der Waals surface area contributed by atoms with E-state index >= 15 is 0 Å². The summed E-state index contributed by atoms with van der Waals surface area (Å²) >= 11 is 1.76. The number of anilines is 4. The molecular formula is C32H35N7O2S. The van der Waals surface area contributed by atoms with Crippen LogP contribution in [0.4, 0.5) is 23.0 Å². The fourth-order valence-corrected chi connectivity index (χ4v) is 7.00. The zero-order valence-corrected chi connectivity index (χ0v) is 24.4. The summed E-state index contributed by atoms with van der Waals surface area (Å²) in [6.45, 7) is 4.21. The highest BCUT2D eigenvalue weighted by molar-refractivity contribution is 7.99. The number of rotatable bonds is 7. The van der Waals surface area contributed by atoms with E-state index in [-0.39, 0.29) is 11.8 Å². The summed E-state index contributed by atoms with van der Waals surface area (Å²) < 4.78 is 7.73. The number of aromatic nitrogens is 4. The summed E-state index contributed by atoms with van der Waals surface area (Å²) in [6.07, 6.45) is 7.24. The topological polar surface area (TPSA) is 97.2 Å². The van der Waals surface area contributed by atoms with Crippen LogP contribution in [0.25, 0.3) is 22.6 Å². The maximum atomic E-state index is 12.9. The van der Waals surface area contributed by atoms with E-state index in [0.717, 1.165) is 103 Å². The Morgan fingerprint density at radius 1 is 0.929 bits per heavy atom. The minimum atomic E-state index is 0.105. The molecule has 9 nitrogen and oxygen atoms in total. The van der Waals surface area contributed by atoms with Crippen LogP contribution < -0.4 is 15.5 Å². The van der Waals surface area contributed by atoms with Crippen molar-refractivity contribution in [3.63, 3.8) is 0 Å². The molecule has 0 atom stereocenters. The number of morpholine rings is 1. The molecule has 4 aromatic rings. The van der Waals surface area contributed by atoms with Gasteiger partial charge in [0, 0.05) is 60.1 Å². The maximum Gasteiger partial charge on any atom is 0.227 e. The van der Waals surface area contributed by atoms with Crippen LogP contribution in [0.15, 0.2) is 66.0 Å².